The maximum absolute atomic E-state index is 12.3. The molecular formula is C29H42O4. The van der Waals surface area contributed by atoms with Crippen molar-refractivity contribution in [1.82, 2.24) is 0 Å². The molecule has 182 valence electrons. The van der Waals surface area contributed by atoms with Gasteiger partial charge in [-0.15, -0.1) is 0 Å². The van der Waals surface area contributed by atoms with Crippen LogP contribution < -0.4 is 0 Å². The quantitative estimate of drug-likeness (QED) is 0.341. The molecule has 4 nitrogen and oxygen atoms in total. The van der Waals surface area contributed by atoms with Crippen molar-refractivity contribution >= 4 is 11.8 Å². The second-order valence-corrected chi connectivity index (χ2v) is 11.5. The van der Waals surface area contributed by atoms with Crippen LogP contribution in [0.3, 0.4) is 0 Å². The number of Topliss-reactive ketones (excluding diaryl/α,β-unsaturated/α-hetero) is 1. The number of carbonyl (C=O) groups is 2. The Balaban J connectivity index is 1.72. The lowest BCUT2D eigenvalue weighted by Crippen LogP contribution is -2.55. The molecule has 0 radical (unpaired) electrons. The van der Waals surface area contributed by atoms with Gasteiger partial charge in [-0.2, -0.15) is 0 Å². The van der Waals surface area contributed by atoms with Gasteiger partial charge in [0.1, 0.15) is 11.9 Å². The maximum Gasteiger partial charge on any atom is 0.302 e. The van der Waals surface area contributed by atoms with Gasteiger partial charge in [0.15, 0.2) is 5.78 Å². The molecule has 0 amide bonds. The van der Waals surface area contributed by atoms with Gasteiger partial charge in [0.05, 0.1) is 0 Å². The Morgan fingerprint density at radius 2 is 1.94 bits per heavy atom. The molecule has 33 heavy (non-hydrogen) atoms. The zero-order valence-corrected chi connectivity index (χ0v) is 21.6. The van der Waals surface area contributed by atoms with Gasteiger partial charge >= 0.3 is 5.97 Å². The summed E-state index contributed by atoms with van der Waals surface area (Å²) in [5.74, 6) is 0.940. The summed E-state index contributed by atoms with van der Waals surface area (Å²) in [6, 6.07) is 0. The minimum atomic E-state index is -0.181. The van der Waals surface area contributed by atoms with Crippen molar-refractivity contribution in [2.24, 2.45) is 22.7 Å². The van der Waals surface area contributed by atoms with Gasteiger partial charge in [0, 0.05) is 24.3 Å². The van der Waals surface area contributed by atoms with Crippen molar-refractivity contribution in [2.45, 2.75) is 99.5 Å². The number of fused-ring (bicyclic) bond motifs is 1. The van der Waals surface area contributed by atoms with Crippen molar-refractivity contribution in [3.63, 3.8) is 0 Å². The second-order valence-electron chi connectivity index (χ2n) is 11.5. The number of esters is 1. The normalized spacial score (nSPS) is 32.2. The third-order valence-corrected chi connectivity index (χ3v) is 8.75. The SMILES string of the molecule is CC(=O)O[C@H]1CC[C@]2(C)[C@@H](CC/C(C)=C/CC3=C(O)C=C(C)CC3=O)C(C)=CC[C@H]2C1(C)C. The minimum absolute atomic E-state index is 0.0196. The molecule has 0 aromatic heterocycles. The van der Waals surface area contributed by atoms with E-state index in [1.165, 1.54) is 18.1 Å². The molecule has 3 rings (SSSR count). The number of aliphatic hydroxyl groups excluding tert-OH is 1. The Bertz CT molecular complexity index is 929. The lowest BCUT2D eigenvalue weighted by Gasteiger charge is -2.59. The fraction of sp³-hybridized carbons (Fsp3) is 0.655. The van der Waals surface area contributed by atoms with Crippen LogP contribution in [0.2, 0.25) is 0 Å². The lowest BCUT2D eigenvalue weighted by molar-refractivity contribution is -0.171. The van der Waals surface area contributed by atoms with Gasteiger partial charge in [-0.1, -0.05) is 49.6 Å². The van der Waals surface area contributed by atoms with Crippen molar-refractivity contribution in [3.05, 3.63) is 46.3 Å². The van der Waals surface area contributed by atoms with Crippen LogP contribution in [-0.4, -0.2) is 23.0 Å². The van der Waals surface area contributed by atoms with Crippen LogP contribution >= 0.6 is 0 Å². The number of carbonyl (C=O) groups excluding carboxylic acids is 2. The van der Waals surface area contributed by atoms with Crippen LogP contribution in [0.1, 0.15) is 93.4 Å². The molecule has 1 fully saturated rings. The Hall–Kier alpha value is -2.10. The highest BCUT2D eigenvalue weighted by atomic mass is 16.5. The van der Waals surface area contributed by atoms with Gasteiger partial charge in [0.2, 0.25) is 0 Å². The minimum Gasteiger partial charge on any atom is -0.508 e. The van der Waals surface area contributed by atoms with E-state index in [9.17, 15) is 14.7 Å². The fourth-order valence-corrected chi connectivity index (χ4v) is 6.83. The molecule has 3 aliphatic rings. The zero-order valence-electron chi connectivity index (χ0n) is 21.6. The monoisotopic (exact) mass is 454 g/mol. The molecule has 1 N–H and O–H groups in total. The highest BCUT2D eigenvalue weighted by Crippen LogP contribution is 2.61. The van der Waals surface area contributed by atoms with E-state index in [2.05, 4.69) is 46.8 Å². The molecule has 1 saturated carbocycles. The average molecular weight is 455 g/mol. The molecule has 0 aliphatic heterocycles. The summed E-state index contributed by atoms with van der Waals surface area (Å²) >= 11 is 0. The first-order valence-corrected chi connectivity index (χ1v) is 12.5. The summed E-state index contributed by atoms with van der Waals surface area (Å²) in [4.78, 5) is 24.0. The van der Waals surface area contributed by atoms with E-state index < -0.39 is 0 Å². The van der Waals surface area contributed by atoms with Crippen LogP contribution in [0.5, 0.6) is 0 Å². The number of ether oxygens (including phenoxy) is 1. The van der Waals surface area contributed by atoms with E-state index >= 15 is 0 Å². The van der Waals surface area contributed by atoms with E-state index in [1.54, 1.807) is 6.08 Å². The smallest absolute Gasteiger partial charge is 0.302 e. The zero-order chi connectivity index (χ0) is 24.6. The number of allylic oxidation sites excluding steroid dienone is 7. The van der Waals surface area contributed by atoms with Gasteiger partial charge < -0.3 is 9.84 Å². The van der Waals surface area contributed by atoms with Gasteiger partial charge in [-0.3, -0.25) is 9.59 Å². The summed E-state index contributed by atoms with van der Waals surface area (Å²) in [6.45, 7) is 14.8. The summed E-state index contributed by atoms with van der Waals surface area (Å²) in [5.41, 5.74) is 4.31. The largest absolute Gasteiger partial charge is 0.508 e. The van der Waals surface area contributed by atoms with E-state index in [0.717, 1.165) is 37.7 Å². The van der Waals surface area contributed by atoms with Crippen molar-refractivity contribution in [2.75, 3.05) is 0 Å². The number of rotatable bonds is 6. The Labute approximate surface area is 199 Å². The van der Waals surface area contributed by atoms with Gasteiger partial charge in [0.25, 0.3) is 0 Å². The predicted octanol–water partition coefficient (Wildman–Crippen LogP) is 7.17. The second kappa shape index (κ2) is 9.64. The van der Waals surface area contributed by atoms with Crippen LogP contribution in [0, 0.1) is 22.7 Å². The first-order chi connectivity index (χ1) is 15.4. The summed E-state index contributed by atoms with van der Waals surface area (Å²) < 4.78 is 5.75. The van der Waals surface area contributed by atoms with Gasteiger partial charge in [-0.25, -0.2) is 0 Å². The predicted molar refractivity (Wildman–Crippen MR) is 133 cm³/mol. The molecule has 0 unspecified atom stereocenters. The molecular weight excluding hydrogens is 412 g/mol. The molecule has 4 atom stereocenters. The first kappa shape index (κ1) is 25.5. The molecule has 0 aromatic carbocycles. The number of aliphatic hydroxyl groups is 1. The fourth-order valence-electron chi connectivity index (χ4n) is 6.83. The third-order valence-electron chi connectivity index (χ3n) is 8.75. The highest BCUT2D eigenvalue weighted by Gasteiger charge is 2.56. The van der Waals surface area contributed by atoms with E-state index in [0.29, 0.717) is 30.3 Å². The van der Waals surface area contributed by atoms with Gasteiger partial charge in [-0.05, 0) is 82.6 Å². The van der Waals surface area contributed by atoms with E-state index in [4.69, 9.17) is 4.74 Å². The number of hydrogen-bond donors (Lipinski definition) is 1. The topological polar surface area (TPSA) is 63.6 Å². The van der Waals surface area contributed by atoms with Crippen molar-refractivity contribution in [1.29, 1.82) is 0 Å². The molecule has 0 heterocycles. The molecule has 0 aromatic rings. The highest BCUT2D eigenvalue weighted by molar-refractivity contribution is 5.99. The standard InChI is InChI=1S/C29H42O4/c1-18(8-11-22-24(31)16-19(2)17-25(22)32)9-12-23-20(3)10-13-26-28(5,6)27(33-21(4)30)14-15-29(23,26)7/h8,10,16,23,26-27,31H,9,11-15,17H2,1-7H3/b18-8+/t23-,26-,27-,29+/m0/s1. The molecule has 0 saturated heterocycles. The first-order valence-electron chi connectivity index (χ1n) is 12.5. The van der Waals surface area contributed by atoms with Crippen molar-refractivity contribution in [3.8, 4) is 0 Å². The molecule has 0 spiro atoms. The van der Waals surface area contributed by atoms with Crippen LogP contribution in [-0.2, 0) is 14.3 Å². The molecule has 4 heteroatoms. The number of ketones is 1. The summed E-state index contributed by atoms with van der Waals surface area (Å²) in [6.07, 6.45) is 12.2. The summed E-state index contributed by atoms with van der Waals surface area (Å²) in [7, 11) is 0. The van der Waals surface area contributed by atoms with E-state index in [-0.39, 0.29) is 34.4 Å². The number of hydrogen-bond acceptors (Lipinski definition) is 4. The average Bonchev–Trinajstić information content (AvgIpc) is 2.68. The third kappa shape index (κ3) is 5.20. The Morgan fingerprint density at radius 3 is 2.58 bits per heavy atom. The van der Waals surface area contributed by atoms with Crippen LogP contribution in [0.4, 0.5) is 0 Å². The van der Waals surface area contributed by atoms with Crippen LogP contribution in [0.15, 0.2) is 46.3 Å². The Kier molecular flexibility index (Phi) is 7.45. The molecule has 0 bridgehead atoms. The maximum atomic E-state index is 12.3. The van der Waals surface area contributed by atoms with Crippen molar-refractivity contribution < 1.29 is 19.4 Å². The van der Waals surface area contributed by atoms with Crippen LogP contribution in [0.25, 0.3) is 0 Å². The molecule has 3 aliphatic carbocycles. The van der Waals surface area contributed by atoms with E-state index in [1.807, 2.05) is 6.92 Å². The summed E-state index contributed by atoms with van der Waals surface area (Å²) in [5, 5.41) is 10.2. The Morgan fingerprint density at radius 1 is 1.24 bits per heavy atom. The lowest BCUT2D eigenvalue weighted by atomic mass is 9.47.